The Morgan fingerprint density at radius 2 is 1.33 bits per heavy atom. The molecule has 0 N–H and O–H groups in total. The Hall–Kier alpha value is -1.77. The first-order valence-corrected chi connectivity index (χ1v) is 24.6. The summed E-state index contributed by atoms with van der Waals surface area (Å²) in [5, 5.41) is 3.70. The smallest absolute Gasteiger partial charge is 0.267 e. The minimum atomic E-state index is -3.99. The molecule has 14 heteroatoms. The Morgan fingerprint density at radius 3 is 1.88 bits per heavy atom. The molecule has 0 saturated heterocycles. The molecule has 6 aromatic heterocycles. The molecule has 0 bridgehead atoms. The van der Waals surface area contributed by atoms with E-state index >= 15 is 0 Å². The minimum absolute atomic E-state index is 0.00590. The van der Waals surface area contributed by atoms with Gasteiger partial charge in [0.1, 0.15) is 25.5 Å². The normalized spacial score (nSPS) is 14.9. The Morgan fingerprint density at radius 1 is 0.731 bits per heavy atom. The maximum absolute atomic E-state index is 14.1. The SMILES string of the molecule is [B]c1ccc(-c2c3cc(C(C)(C)CC)sc3c(-c3ccc([B])s3)c3cc(-c4sc(C(C)(C)CC)c5c6c(sc45)C(=O)N(CCCBr)S6(=O)=O)sc23)s1. The molecule has 4 nitrogen and oxygen atoms in total. The van der Waals surface area contributed by atoms with Crippen LogP contribution in [0.1, 0.15) is 80.2 Å². The summed E-state index contributed by atoms with van der Waals surface area (Å²) in [5.74, 6) is -0.411. The van der Waals surface area contributed by atoms with E-state index in [0.717, 1.165) is 71.3 Å². The van der Waals surface area contributed by atoms with Crippen LogP contribution in [0, 0.1) is 0 Å². The van der Waals surface area contributed by atoms with Gasteiger partial charge in [-0.05, 0) is 63.9 Å². The van der Waals surface area contributed by atoms with Gasteiger partial charge < -0.3 is 0 Å². The van der Waals surface area contributed by atoms with Gasteiger partial charge in [0.05, 0.1) is 9.58 Å². The third-order valence-electron chi connectivity index (χ3n) is 10.4. The van der Waals surface area contributed by atoms with E-state index in [9.17, 15) is 13.2 Å². The number of carbonyl (C=O) groups is 1. The predicted octanol–water partition coefficient (Wildman–Crippen LogP) is 11.4. The van der Waals surface area contributed by atoms with Crippen molar-refractivity contribution in [3.05, 3.63) is 51.0 Å². The molecular weight excluding hydrogens is 844 g/mol. The lowest BCUT2D eigenvalue weighted by Crippen LogP contribution is -2.31. The molecule has 0 spiro atoms. The van der Waals surface area contributed by atoms with E-state index in [1.807, 2.05) is 23.5 Å². The molecule has 1 aliphatic rings. The van der Waals surface area contributed by atoms with Gasteiger partial charge in [-0.15, -0.1) is 45.3 Å². The molecular formula is C38H34B2BrNO3S7. The Labute approximate surface area is 339 Å². The zero-order valence-corrected chi connectivity index (χ0v) is 36.9. The zero-order valence-electron chi connectivity index (χ0n) is 29.6. The van der Waals surface area contributed by atoms with Crippen LogP contribution in [0.3, 0.4) is 0 Å². The van der Waals surface area contributed by atoms with Crippen LogP contribution in [0.4, 0.5) is 0 Å². The van der Waals surface area contributed by atoms with Gasteiger partial charge in [-0.2, -0.15) is 22.7 Å². The number of alkyl halides is 1. The first-order valence-electron chi connectivity index (χ1n) is 17.1. The van der Waals surface area contributed by atoms with Crippen molar-refractivity contribution in [2.75, 3.05) is 11.9 Å². The fraction of sp³-hybridized carbons (Fsp3) is 0.342. The van der Waals surface area contributed by atoms with Crippen molar-refractivity contribution in [1.82, 2.24) is 4.31 Å². The van der Waals surface area contributed by atoms with Crippen LogP contribution in [0.25, 0.3) is 60.9 Å². The number of rotatable bonds is 10. The Kier molecular flexibility index (Phi) is 9.42. The van der Waals surface area contributed by atoms with Gasteiger partial charge in [0, 0.05) is 72.9 Å². The van der Waals surface area contributed by atoms with E-state index in [4.69, 9.17) is 15.7 Å². The molecule has 0 fully saturated rings. The summed E-state index contributed by atoms with van der Waals surface area (Å²) < 4.78 is 34.2. The highest BCUT2D eigenvalue weighted by Crippen LogP contribution is 2.58. The van der Waals surface area contributed by atoms with Crippen molar-refractivity contribution >= 4 is 155 Å². The van der Waals surface area contributed by atoms with Crippen LogP contribution < -0.4 is 9.55 Å². The molecule has 1 aliphatic heterocycles. The fourth-order valence-electron chi connectivity index (χ4n) is 6.78. The molecule has 52 heavy (non-hydrogen) atoms. The summed E-state index contributed by atoms with van der Waals surface area (Å²) in [7, 11) is 8.76. The number of benzene rings is 1. The number of hydrogen-bond donors (Lipinski definition) is 0. The van der Waals surface area contributed by atoms with Gasteiger partial charge in [-0.1, -0.05) is 69.6 Å². The van der Waals surface area contributed by atoms with Crippen LogP contribution in [-0.2, 0) is 20.9 Å². The maximum Gasteiger partial charge on any atom is 0.279 e. The average Bonchev–Trinajstić information content (AvgIpc) is 3.95. The first kappa shape index (κ1) is 37.2. The van der Waals surface area contributed by atoms with Crippen molar-refractivity contribution < 1.29 is 13.2 Å². The summed E-state index contributed by atoms with van der Waals surface area (Å²) in [6.45, 7) is 13.5. The zero-order chi connectivity index (χ0) is 37.1. The number of halogens is 1. The molecule has 0 aliphatic carbocycles. The lowest BCUT2D eigenvalue weighted by Gasteiger charge is -2.22. The molecule has 7 heterocycles. The molecule has 1 amide bonds. The van der Waals surface area contributed by atoms with E-state index in [1.54, 1.807) is 45.3 Å². The van der Waals surface area contributed by atoms with E-state index in [1.165, 1.54) is 37.4 Å². The van der Waals surface area contributed by atoms with Gasteiger partial charge in [-0.3, -0.25) is 4.79 Å². The second-order valence-electron chi connectivity index (χ2n) is 14.5. The number of nitrogens with zero attached hydrogens (tertiary/aromatic N) is 1. The molecule has 4 radical (unpaired) electrons. The van der Waals surface area contributed by atoms with Crippen molar-refractivity contribution in [1.29, 1.82) is 0 Å². The highest BCUT2D eigenvalue weighted by Gasteiger charge is 2.47. The molecule has 0 saturated carbocycles. The number of thiophene rings is 6. The molecule has 264 valence electrons. The van der Waals surface area contributed by atoms with Crippen molar-refractivity contribution in [3.8, 4) is 30.6 Å². The average molecular weight is 879 g/mol. The molecule has 0 atom stereocenters. The standard InChI is InChI=1S/C38H34B2BrNO3S7/c1-7-37(3,4)23-17-19-27(21-11-13-25(40)47-21)29-18(26(30(19)49-23)20-10-12-24(39)46-20)16-22(48-29)31-32-28(35(51-31)38(5,6)8-2)34-33(50-32)36(43)42(15-9-14-41)52(34,44)45/h10-13,16-17H,7-9,14-15H2,1-6H3. The van der Waals surface area contributed by atoms with Gasteiger partial charge >= 0.3 is 0 Å². The highest BCUT2D eigenvalue weighted by atomic mass is 79.9. The van der Waals surface area contributed by atoms with Gasteiger partial charge in [0.15, 0.2) is 0 Å². The first-order chi connectivity index (χ1) is 24.6. The monoisotopic (exact) mass is 877 g/mol. The van der Waals surface area contributed by atoms with Crippen molar-refractivity contribution in [2.45, 2.75) is 76.5 Å². The van der Waals surface area contributed by atoms with Crippen LogP contribution in [-0.4, -0.2) is 46.2 Å². The van der Waals surface area contributed by atoms with E-state index < -0.39 is 15.9 Å². The molecule has 7 aromatic rings. The number of carbonyl (C=O) groups excluding carboxylic acids is 1. The topological polar surface area (TPSA) is 54.5 Å². The summed E-state index contributed by atoms with van der Waals surface area (Å²) >= 11 is 13.2. The van der Waals surface area contributed by atoms with Crippen LogP contribution in [0.15, 0.2) is 41.3 Å². The van der Waals surface area contributed by atoms with Gasteiger partial charge in [-0.25, -0.2) is 12.7 Å². The lowest BCUT2D eigenvalue weighted by atomic mass is 9.87. The number of hydrogen-bond acceptors (Lipinski definition) is 9. The van der Waals surface area contributed by atoms with E-state index in [-0.39, 0.29) is 22.3 Å². The second-order valence-corrected chi connectivity index (χ2v) is 23.5. The maximum atomic E-state index is 14.1. The highest BCUT2D eigenvalue weighted by molar-refractivity contribution is 9.09. The van der Waals surface area contributed by atoms with Crippen LogP contribution in [0.5, 0.6) is 0 Å². The fourth-order valence-corrected chi connectivity index (χ4v) is 16.8. The summed E-state index contributed by atoms with van der Waals surface area (Å²) in [6.07, 6.45) is 2.39. The molecule has 0 unspecified atom stereocenters. The molecule has 8 rings (SSSR count). The third-order valence-corrected chi connectivity index (χ3v) is 20.6. The Bertz CT molecular complexity index is 2590. The van der Waals surface area contributed by atoms with E-state index in [0.29, 0.717) is 16.6 Å². The van der Waals surface area contributed by atoms with E-state index in [2.05, 4.69) is 81.7 Å². The van der Waals surface area contributed by atoms with Crippen molar-refractivity contribution in [3.63, 3.8) is 0 Å². The number of sulfonamides is 1. The van der Waals surface area contributed by atoms with Crippen molar-refractivity contribution in [2.24, 2.45) is 0 Å². The predicted molar refractivity (Wildman–Crippen MR) is 237 cm³/mol. The molecule has 1 aromatic carbocycles. The van der Waals surface area contributed by atoms with Crippen LogP contribution >= 0.6 is 84.0 Å². The van der Waals surface area contributed by atoms with Gasteiger partial charge in [0.25, 0.3) is 15.9 Å². The largest absolute Gasteiger partial charge is 0.279 e. The summed E-state index contributed by atoms with van der Waals surface area (Å²) in [6, 6.07) is 12.9. The van der Waals surface area contributed by atoms with Gasteiger partial charge in [0.2, 0.25) is 0 Å². The third kappa shape index (κ3) is 5.63. The summed E-state index contributed by atoms with van der Waals surface area (Å²) in [5.41, 5.74) is 2.06. The quantitative estimate of drug-likeness (QED) is 0.102. The number of amides is 1. The second kappa shape index (κ2) is 13.2. The Balaban J connectivity index is 1.47. The summed E-state index contributed by atoms with van der Waals surface area (Å²) in [4.78, 5) is 21.0. The number of fused-ring (bicyclic) bond motifs is 5. The lowest BCUT2D eigenvalue weighted by molar-refractivity contribution is 0.0875. The minimum Gasteiger partial charge on any atom is -0.267 e. The van der Waals surface area contributed by atoms with Crippen LogP contribution in [0.2, 0.25) is 0 Å².